The number of hydrogen-bond donors (Lipinski definition) is 2. The molecule has 0 aliphatic heterocycles. The lowest BCUT2D eigenvalue weighted by atomic mass is 10.3. The molecule has 0 saturated carbocycles. The van der Waals surface area contributed by atoms with Crippen LogP contribution in [0.5, 0.6) is 17.2 Å². The van der Waals surface area contributed by atoms with Crippen molar-refractivity contribution in [3.8, 4) is 17.2 Å². The van der Waals surface area contributed by atoms with E-state index in [4.69, 9.17) is 14.2 Å². The minimum absolute atomic E-state index is 0.0183. The molecule has 0 bridgehead atoms. The highest BCUT2D eigenvalue weighted by molar-refractivity contribution is 7.93. The molecule has 13 heteroatoms. The number of nitrogens with one attached hydrogen (secondary N) is 2. The Bertz CT molecular complexity index is 1530. The summed E-state index contributed by atoms with van der Waals surface area (Å²) in [5.74, 6) is -2.02. The average Bonchev–Trinajstić information content (AvgIpc) is 2.92. The van der Waals surface area contributed by atoms with Crippen LogP contribution in [-0.2, 0) is 20.0 Å². The number of sulfonamides is 2. The van der Waals surface area contributed by atoms with Crippen LogP contribution in [0.25, 0.3) is 0 Å². The molecule has 0 amide bonds. The van der Waals surface area contributed by atoms with Crippen LogP contribution in [0.15, 0.2) is 64.4 Å². The second-order valence-electron chi connectivity index (χ2n) is 8.65. The normalized spacial score (nSPS) is 11.6. The van der Waals surface area contributed by atoms with Crippen molar-refractivity contribution in [2.75, 3.05) is 29.8 Å². The van der Waals surface area contributed by atoms with Crippen LogP contribution in [0.1, 0.15) is 39.5 Å². The first-order valence-corrected chi connectivity index (χ1v) is 15.6. The standard InChI is InChI=1S/C27H32F2N2O7S2/c1-4-6-16-37-23-12-8-10-20(28)26(23)30-39(32,33)19-14-15-22(36-3)25(18-19)40(34,35)31-27-21(29)11-9-13-24(27)38-17-7-5-2/h8-15,18,30-31H,4-7,16-17H2,1-3H3. The fourth-order valence-electron chi connectivity index (χ4n) is 3.52. The van der Waals surface area contributed by atoms with Gasteiger partial charge in [-0.1, -0.05) is 38.8 Å². The van der Waals surface area contributed by atoms with E-state index < -0.39 is 52.8 Å². The highest BCUT2D eigenvalue weighted by Crippen LogP contribution is 2.35. The number of rotatable bonds is 15. The minimum atomic E-state index is -4.60. The van der Waals surface area contributed by atoms with Crippen molar-refractivity contribution in [2.45, 2.75) is 49.3 Å². The topological polar surface area (TPSA) is 120 Å². The molecule has 2 N–H and O–H groups in total. The molecule has 9 nitrogen and oxygen atoms in total. The van der Waals surface area contributed by atoms with Gasteiger partial charge in [0.05, 0.1) is 25.2 Å². The molecule has 0 saturated heterocycles. The van der Waals surface area contributed by atoms with Crippen molar-refractivity contribution in [3.63, 3.8) is 0 Å². The number of methoxy groups -OCH3 is 1. The molecule has 218 valence electrons. The third-order valence-electron chi connectivity index (χ3n) is 5.67. The van der Waals surface area contributed by atoms with E-state index in [0.29, 0.717) is 12.8 Å². The predicted molar refractivity (Wildman–Crippen MR) is 148 cm³/mol. The van der Waals surface area contributed by atoms with E-state index in [1.807, 2.05) is 13.8 Å². The number of benzene rings is 3. The van der Waals surface area contributed by atoms with Crippen LogP contribution < -0.4 is 23.7 Å². The summed E-state index contributed by atoms with van der Waals surface area (Å²) in [6.45, 7) is 4.35. The Morgan fingerprint density at radius 3 is 1.68 bits per heavy atom. The highest BCUT2D eigenvalue weighted by Gasteiger charge is 2.27. The van der Waals surface area contributed by atoms with Gasteiger partial charge in [-0.25, -0.2) is 25.6 Å². The summed E-state index contributed by atoms with van der Waals surface area (Å²) >= 11 is 0. The summed E-state index contributed by atoms with van der Waals surface area (Å²) in [7, 11) is -7.93. The molecule has 0 radical (unpaired) electrons. The van der Waals surface area contributed by atoms with Gasteiger partial charge in [0.15, 0.2) is 11.6 Å². The molecule has 0 spiro atoms. The summed E-state index contributed by atoms with van der Waals surface area (Å²) in [6.07, 6.45) is 2.95. The van der Waals surface area contributed by atoms with Gasteiger partial charge in [0, 0.05) is 0 Å². The Balaban J connectivity index is 1.99. The Morgan fingerprint density at radius 2 is 1.20 bits per heavy atom. The lowest BCUT2D eigenvalue weighted by Crippen LogP contribution is -2.19. The number of unbranched alkanes of at least 4 members (excludes halogenated alkanes) is 2. The fourth-order valence-corrected chi connectivity index (χ4v) is 5.97. The van der Waals surface area contributed by atoms with Crippen LogP contribution in [-0.4, -0.2) is 37.2 Å². The molecule has 3 aromatic carbocycles. The first kappa shape index (κ1) is 31.0. The molecule has 3 aromatic rings. The summed E-state index contributed by atoms with van der Waals surface area (Å²) in [6, 6.07) is 10.8. The van der Waals surface area contributed by atoms with Crippen LogP contribution >= 0.6 is 0 Å². The Hall–Kier alpha value is -3.58. The molecule has 0 heterocycles. The molecule has 0 atom stereocenters. The summed E-state index contributed by atoms with van der Waals surface area (Å²) in [5, 5.41) is 0. The number of para-hydroxylation sites is 2. The number of halogens is 2. The average molecular weight is 599 g/mol. The van der Waals surface area contributed by atoms with Gasteiger partial charge >= 0.3 is 0 Å². The molecule has 40 heavy (non-hydrogen) atoms. The number of ether oxygens (including phenoxy) is 3. The highest BCUT2D eigenvalue weighted by atomic mass is 32.2. The van der Waals surface area contributed by atoms with E-state index in [-0.39, 0.29) is 30.5 Å². The van der Waals surface area contributed by atoms with Gasteiger partial charge in [-0.05, 0) is 55.3 Å². The Kier molecular flexibility index (Phi) is 10.6. The summed E-state index contributed by atoms with van der Waals surface area (Å²) < 4.78 is 103. The third kappa shape index (κ3) is 7.54. The lowest BCUT2D eigenvalue weighted by molar-refractivity contribution is 0.309. The Morgan fingerprint density at radius 1 is 0.700 bits per heavy atom. The third-order valence-corrected chi connectivity index (χ3v) is 8.39. The van der Waals surface area contributed by atoms with Crippen LogP contribution in [0.2, 0.25) is 0 Å². The van der Waals surface area contributed by atoms with Crippen molar-refractivity contribution >= 4 is 31.4 Å². The first-order chi connectivity index (χ1) is 19.0. The minimum Gasteiger partial charge on any atom is -0.495 e. The van der Waals surface area contributed by atoms with Crippen molar-refractivity contribution in [1.29, 1.82) is 0 Å². The van der Waals surface area contributed by atoms with Gasteiger partial charge < -0.3 is 14.2 Å². The quantitative estimate of drug-likeness (QED) is 0.208. The summed E-state index contributed by atoms with van der Waals surface area (Å²) in [5.41, 5.74) is -0.857. The molecule has 0 aliphatic rings. The largest absolute Gasteiger partial charge is 0.495 e. The number of anilines is 2. The van der Waals surface area contributed by atoms with Gasteiger partial charge in [-0.2, -0.15) is 0 Å². The smallest absolute Gasteiger partial charge is 0.265 e. The molecule has 0 unspecified atom stereocenters. The van der Waals surface area contributed by atoms with Crippen LogP contribution in [0, 0.1) is 11.6 Å². The van der Waals surface area contributed by atoms with E-state index in [1.165, 1.54) is 31.4 Å². The molecule has 0 fully saturated rings. The zero-order chi connectivity index (χ0) is 29.3. The van der Waals surface area contributed by atoms with Gasteiger partial charge in [0.1, 0.15) is 33.5 Å². The van der Waals surface area contributed by atoms with E-state index in [2.05, 4.69) is 9.44 Å². The fraction of sp³-hybridized carbons (Fsp3) is 0.333. The summed E-state index contributed by atoms with van der Waals surface area (Å²) in [4.78, 5) is -1.10. The zero-order valence-corrected chi connectivity index (χ0v) is 24.0. The van der Waals surface area contributed by atoms with Crippen molar-refractivity contribution < 1.29 is 39.8 Å². The zero-order valence-electron chi connectivity index (χ0n) is 22.4. The van der Waals surface area contributed by atoms with Gasteiger partial charge in [-0.15, -0.1) is 0 Å². The molecular weight excluding hydrogens is 566 g/mol. The lowest BCUT2D eigenvalue weighted by Gasteiger charge is -2.17. The van der Waals surface area contributed by atoms with E-state index in [0.717, 1.165) is 43.2 Å². The maximum atomic E-state index is 14.7. The SMILES string of the molecule is CCCCOc1cccc(F)c1NS(=O)(=O)c1ccc(OC)c(S(=O)(=O)Nc2c(F)cccc2OCCCC)c1. The molecule has 3 rings (SSSR count). The van der Waals surface area contributed by atoms with Crippen LogP contribution in [0.3, 0.4) is 0 Å². The van der Waals surface area contributed by atoms with Gasteiger partial charge in [0.2, 0.25) is 0 Å². The maximum Gasteiger partial charge on any atom is 0.265 e. The van der Waals surface area contributed by atoms with Gasteiger partial charge in [-0.3, -0.25) is 9.44 Å². The monoisotopic (exact) mass is 598 g/mol. The molecule has 0 aliphatic carbocycles. The van der Waals surface area contributed by atoms with Crippen LogP contribution in [0.4, 0.5) is 20.2 Å². The second kappa shape index (κ2) is 13.7. The van der Waals surface area contributed by atoms with E-state index in [1.54, 1.807) is 0 Å². The molecular formula is C27H32F2N2O7S2. The second-order valence-corrected chi connectivity index (χ2v) is 12.0. The molecule has 0 aromatic heterocycles. The first-order valence-electron chi connectivity index (χ1n) is 12.6. The number of hydrogen-bond acceptors (Lipinski definition) is 7. The maximum absolute atomic E-state index is 14.7. The van der Waals surface area contributed by atoms with Gasteiger partial charge in [0.25, 0.3) is 20.0 Å². The van der Waals surface area contributed by atoms with E-state index >= 15 is 0 Å². The van der Waals surface area contributed by atoms with Crippen molar-refractivity contribution in [2.24, 2.45) is 0 Å². The van der Waals surface area contributed by atoms with Crippen molar-refractivity contribution in [1.82, 2.24) is 0 Å². The predicted octanol–water partition coefficient (Wildman–Crippen LogP) is 5.93. The Labute approximate surface area is 233 Å². The van der Waals surface area contributed by atoms with Crippen molar-refractivity contribution in [3.05, 3.63) is 66.2 Å². The van der Waals surface area contributed by atoms with E-state index in [9.17, 15) is 25.6 Å².